The van der Waals surface area contributed by atoms with Gasteiger partial charge in [0, 0.05) is 5.38 Å². The molecule has 2 atom stereocenters. The van der Waals surface area contributed by atoms with Gasteiger partial charge in [-0.05, 0) is 0 Å². The fourth-order valence-electron chi connectivity index (χ4n) is 1.23. The Morgan fingerprint density at radius 1 is 1.64 bits per heavy atom. The summed E-state index contributed by atoms with van der Waals surface area (Å²) in [5, 5.41) is 11.4. The molecule has 0 bridgehead atoms. The van der Waals surface area contributed by atoms with E-state index >= 15 is 0 Å². The number of ether oxygens (including phenoxy) is 1. The van der Waals surface area contributed by atoms with Crippen LogP contribution in [-0.4, -0.2) is 29.4 Å². The Morgan fingerprint density at radius 3 is 3.09 bits per heavy atom. The number of rotatable bonds is 1. The number of nitrogens with zero attached hydrogens (tertiary/aromatic N) is 1. The molecule has 1 N–H and O–H groups in total. The standard InChI is InChI=1S/C7H9NO2S/c9-7-2-10-1-5(7)6-3-11-4-8-6/h3-5,7,9H,1-2H2/t5-,7+/m0/s1. The van der Waals surface area contributed by atoms with E-state index in [0.29, 0.717) is 13.2 Å². The fraction of sp³-hybridized carbons (Fsp3) is 0.571. The molecule has 0 spiro atoms. The molecule has 60 valence electrons. The normalized spacial score (nSPS) is 31.0. The Hall–Kier alpha value is -0.450. The molecule has 11 heavy (non-hydrogen) atoms. The van der Waals surface area contributed by atoms with Gasteiger partial charge < -0.3 is 9.84 Å². The van der Waals surface area contributed by atoms with Crippen LogP contribution in [0.25, 0.3) is 0 Å². The zero-order valence-corrected chi connectivity index (χ0v) is 6.75. The first-order chi connectivity index (χ1) is 5.38. The molecular weight excluding hydrogens is 162 g/mol. The van der Waals surface area contributed by atoms with E-state index in [-0.39, 0.29) is 12.0 Å². The van der Waals surface area contributed by atoms with Crippen LogP contribution in [0.1, 0.15) is 11.6 Å². The molecular formula is C7H9NO2S. The van der Waals surface area contributed by atoms with Gasteiger partial charge in [-0.1, -0.05) is 0 Å². The van der Waals surface area contributed by atoms with E-state index in [2.05, 4.69) is 4.98 Å². The Bertz CT molecular complexity index is 224. The molecule has 1 aromatic rings. The number of hydrogen-bond donors (Lipinski definition) is 1. The highest BCUT2D eigenvalue weighted by atomic mass is 32.1. The monoisotopic (exact) mass is 171 g/mol. The molecule has 4 heteroatoms. The maximum atomic E-state index is 9.40. The Kier molecular flexibility index (Phi) is 1.89. The second-order valence-corrected chi connectivity index (χ2v) is 3.34. The lowest BCUT2D eigenvalue weighted by Gasteiger charge is -2.07. The third kappa shape index (κ3) is 1.29. The predicted molar refractivity (Wildman–Crippen MR) is 41.7 cm³/mol. The van der Waals surface area contributed by atoms with E-state index in [1.165, 1.54) is 0 Å². The second-order valence-electron chi connectivity index (χ2n) is 2.62. The average Bonchev–Trinajstić information content (AvgIpc) is 2.55. The minimum Gasteiger partial charge on any atom is -0.390 e. The SMILES string of the molecule is O[C@@H]1COC[C@H]1c1cscn1. The number of thiazole rings is 1. The Balaban J connectivity index is 2.16. The van der Waals surface area contributed by atoms with Crippen LogP contribution >= 0.6 is 11.3 Å². The molecule has 1 fully saturated rings. The molecule has 2 heterocycles. The molecule has 1 aromatic heterocycles. The summed E-state index contributed by atoms with van der Waals surface area (Å²) in [5.74, 6) is 0.0984. The third-order valence-electron chi connectivity index (χ3n) is 1.88. The smallest absolute Gasteiger partial charge is 0.0879 e. The van der Waals surface area contributed by atoms with Crippen LogP contribution in [0.5, 0.6) is 0 Å². The summed E-state index contributed by atoms with van der Waals surface area (Å²) >= 11 is 1.55. The average molecular weight is 171 g/mol. The molecule has 0 amide bonds. The summed E-state index contributed by atoms with van der Waals surface area (Å²) in [6, 6.07) is 0. The van der Waals surface area contributed by atoms with Crippen LogP contribution in [-0.2, 0) is 4.74 Å². The van der Waals surface area contributed by atoms with E-state index < -0.39 is 0 Å². The summed E-state index contributed by atoms with van der Waals surface area (Å²) < 4.78 is 5.11. The van der Waals surface area contributed by atoms with Gasteiger partial charge in [0.25, 0.3) is 0 Å². The van der Waals surface area contributed by atoms with Crippen LogP contribution < -0.4 is 0 Å². The molecule has 2 rings (SSSR count). The van der Waals surface area contributed by atoms with E-state index in [0.717, 1.165) is 5.69 Å². The van der Waals surface area contributed by atoms with Gasteiger partial charge in [-0.2, -0.15) is 0 Å². The van der Waals surface area contributed by atoms with Gasteiger partial charge >= 0.3 is 0 Å². The lowest BCUT2D eigenvalue weighted by Crippen LogP contribution is -2.15. The van der Waals surface area contributed by atoms with Crippen molar-refractivity contribution in [3.05, 3.63) is 16.6 Å². The van der Waals surface area contributed by atoms with Crippen molar-refractivity contribution in [2.24, 2.45) is 0 Å². The van der Waals surface area contributed by atoms with Crippen LogP contribution in [0, 0.1) is 0 Å². The first-order valence-corrected chi connectivity index (χ1v) is 4.46. The van der Waals surface area contributed by atoms with E-state index in [1.54, 1.807) is 16.8 Å². The number of aromatic nitrogens is 1. The summed E-state index contributed by atoms with van der Waals surface area (Å²) in [6.45, 7) is 1.05. The van der Waals surface area contributed by atoms with Crippen LogP contribution in [0.4, 0.5) is 0 Å². The largest absolute Gasteiger partial charge is 0.390 e. The van der Waals surface area contributed by atoms with Gasteiger partial charge in [-0.3, -0.25) is 0 Å². The van der Waals surface area contributed by atoms with Crippen LogP contribution in [0.3, 0.4) is 0 Å². The quantitative estimate of drug-likeness (QED) is 0.673. The maximum absolute atomic E-state index is 9.40. The highest BCUT2D eigenvalue weighted by molar-refractivity contribution is 7.07. The highest BCUT2D eigenvalue weighted by Crippen LogP contribution is 2.24. The molecule has 0 radical (unpaired) electrons. The minimum absolute atomic E-state index is 0.0984. The number of aliphatic hydroxyl groups excluding tert-OH is 1. The van der Waals surface area contributed by atoms with E-state index in [1.807, 2.05) is 5.38 Å². The molecule has 3 nitrogen and oxygen atoms in total. The summed E-state index contributed by atoms with van der Waals surface area (Å²) in [4.78, 5) is 4.13. The fourth-order valence-corrected chi connectivity index (χ4v) is 1.85. The Labute approximate surface area is 68.7 Å². The second kappa shape index (κ2) is 2.89. The van der Waals surface area contributed by atoms with Crippen molar-refractivity contribution < 1.29 is 9.84 Å². The predicted octanol–water partition coefficient (Wildman–Crippen LogP) is 0.618. The lowest BCUT2D eigenvalue weighted by molar-refractivity contribution is 0.124. The van der Waals surface area contributed by atoms with Gasteiger partial charge in [-0.25, -0.2) is 4.98 Å². The molecule has 0 aliphatic carbocycles. The van der Waals surface area contributed by atoms with Crippen molar-refractivity contribution in [1.82, 2.24) is 4.98 Å². The lowest BCUT2D eigenvalue weighted by atomic mass is 10.0. The van der Waals surface area contributed by atoms with Gasteiger partial charge in [0.1, 0.15) is 0 Å². The molecule has 1 aliphatic heterocycles. The Morgan fingerprint density at radius 2 is 2.55 bits per heavy atom. The van der Waals surface area contributed by atoms with Crippen molar-refractivity contribution in [3.8, 4) is 0 Å². The molecule has 0 saturated carbocycles. The summed E-state index contributed by atoms with van der Waals surface area (Å²) in [5.41, 5.74) is 2.74. The first-order valence-electron chi connectivity index (χ1n) is 3.52. The van der Waals surface area contributed by atoms with Gasteiger partial charge in [0.05, 0.1) is 36.4 Å². The van der Waals surface area contributed by atoms with Crippen molar-refractivity contribution in [3.63, 3.8) is 0 Å². The summed E-state index contributed by atoms with van der Waals surface area (Å²) in [7, 11) is 0. The highest BCUT2D eigenvalue weighted by Gasteiger charge is 2.28. The zero-order valence-electron chi connectivity index (χ0n) is 5.93. The van der Waals surface area contributed by atoms with Gasteiger partial charge in [0.2, 0.25) is 0 Å². The molecule has 0 unspecified atom stereocenters. The van der Waals surface area contributed by atoms with Crippen molar-refractivity contribution in [2.75, 3.05) is 13.2 Å². The maximum Gasteiger partial charge on any atom is 0.0879 e. The van der Waals surface area contributed by atoms with Crippen LogP contribution in [0.2, 0.25) is 0 Å². The summed E-state index contributed by atoms with van der Waals surface area (Å²) in [6.07, 6.45) is -0.364. The topological polar surface area (TPSA) is 42.4 Å². The van der Waals surface area contributed by atoms with E-state index in [4.69, 9.17) is 4.74 Å². The number of hydrogen-bond acceptors (Lipinski definition) is 4. The van der Waals surface area contributed by atoms with Gasteiger partial charge in [0.15, 0.2) is 0 Å². The zero-order chi connectivity index (χ0) is 7.68. The van der Waals surface area contributed by atoms with Crippen LogP contribution in [0.15, 0.2) is 10.9 Å². The molecule has 1 saturated heterocycles. The van der Waals surface area contributed by atoms with Crippen molar-refractivity contribution in [1.29, 1.82) is 0 Å². The molecule has 0 aromatic carbocycles. The van der Waals surface area contributed by atoms with Crippen molar-refractivity contribution >= 4 is 11.3 Å². The van der Waals surface area contributed by atoms with E-state index in [9.17, 15) is 5.11 Å². The minimum atomic E-state index is -0.364. The van der Waals surface area contributed by atoms with Crippen molar-refractivity contribution in [2.45, 2.75) is 12.0 Å². The van der Waals surface area contributed by atoms with Gasteiger partial charge in [-0.15, -0.1) is 11.3 Å². The molecule has 1 aliphatic rings. The number of aliphatic hydroxyl groups is 1. The third-order valence-corrected chi connectivity index (χ3v) is 2.49. The first kappa shape index (κ1) is 7.21.